The van der Waals surface area contributed by atoms with Crippen LogP contribution in [0.3, 0.4) is 0 Å². The van der Waals surface area contributed by atoms with Crippen molar-refractivity contribution in [2.75, 3.05) is 0 Å². The molecule has 1 fully saturated rings. The Balaban J connectivity index is 2.61. The fraction of sp³-hybridized carbons (Fsp3) is 0.833. The van der Waals surface area contributed by atoms with E-state index in [1.54, 1.807) is 6.92 Å². The van der Waals surface area contributed by atoms with Crippen molar-refractivity contribution in [1.82, 2.24) is 0 Å². The molecule has 1 heterocycles. The monoisotopic (exact) mass is 244 g/mol. The Bertz CT molecular complexity index is 276. The van der Waals surface area contributed by atoms with Gasteiger partial charge in [-0.05, 0) is 26.2 Å². The number of carbonyl (C=O) groups excluding carboxylic acids is 2. The minimum absolute atomic E-state index is 0.186. The van der Waals surface area contributed by atoms with Gasteiger partial charge >= 0.3 is 5.97 Å². The van der Waals surface area contributed by atoms with Crippen LogP contribution >= 0.6 is 0 Å². The van der Waals surface area contributed by atoms with Gasteiger partial charge in [0, 0.05) is 0 Å². The number of Topliss-reactive ketones (excluding diaryl/α,β-unsaturated/α-hetero) is 1. The van der Waals surface area contributed by atoms with E-state index >= 15 is 0 Å². The van der Waals surface area contributed by atoms with Crippen molar-refractivity contribution in [3.63, 3.8) is 0 Å². The molecule has 1 aliphatic heterocycles. The summed E-state index contributed by atoms with van der Waals surface area (Å²) in [6.45, 7) is 1.80. The smallest absolute Gasteiger partial charge is 0.309 e. The summed E-state index contributed by atoms with van der Waals surface area (Å²) in [6, 6.07) is 0. The van der Waals surface area contributed by atoms with E-state index in [1.807, 2.05) is 0 Å². The highest BCUT2D eigenvalue weighted by Crippen LogP contribution is 2.14. The van der Waals surface area contributed by atoms with Gasteiger partial charge in [0.25, 0.3) is 0 Å². The second kappa shape index (κ2) is 6.71. The first-order valence-electron chi connectivity index (χ1n) is 6.10. The number of ether oxygens (including phenoxy) is 1. The SMILES string of the molecule is C[C@H]1CCCCC[C@H](O)C(=O)[C@@H](O)CC(=O)O1. The first kappa shape index (κ1) is 14.1. The number of esters is 1. The molecule has 0 amide bonds. The summed E-state index contributed by atoms with van der Waals surface area (Å²) in [7, 11) is 0. The molecule has 2 N–H and O–H groups in total. The Morgan fingerprint density at radius 3 is 2.41 bits per heavy atom. The van der Waals surface area contributed by atoms with Crippen molar-refractivity contribution in [3.05, 3.63) is 0 Å². The van der Waals surface area contributed by atoms with Gasteiger partial charge in [0.2, 0.25) is 0 Å². The molecule has 1 aliphatic rings. The number of aliphatic hydroxyl groups excluding tert-OH is 2. The van der Waals surface area contributed by atoms with Gasteiger partial charge < -0.3 is 14.9 Å². The van der Waals surface area contributed by atoms with Crippen LogP contribution in [-0.4, -0.2) is 40.3 Å². The molecule has 17 heavy (non-hydrogen) atoms. The van der Waals surface area contributed by atoms with Crippen LogP contribution in [0.2, 0.25) is 0 Å². The zero-order valence-corrected chi connectivity index (χ0v) is 10.1. The fourth-order valence-corrected chi connectivity index (χ4v) is 1.90. The molecule has 98 valence electrons. The fourth-order valence-electron chi connectivity index (χ4n) is 1.90. The second-order valence-corrected chi connectivity index (χ2v) is 4.58. The minimum Gasteiger partial charge on any atom is -0.463 e. The van der Waals surface area contributed by atoms with Gasteiger partial charge in [-0.15, -0.1) is 0 Å². The summed E-state index contributed by atoms with van der Waals surface area (Å²) in [5.41, 5.74) is 0. The Kier molecular flexibility index (Phi) is 5.58. The van der Waals surface area contributed by atoms with Crippen LogP contribution in [0.4, 0.5) is 0 Å². The van der Waals surface area contributed by atoms with E-state index in [-0.39, 0.29) is 12.5 Å². The molecular weight excluding hydrogens is 224 g/mol. The van der Waals surface area contributed by atoms with Gasteiger partial charge in [-0.3, -0.25) is 9.59 Å². The molecule has 1 rings (SSSR count). The van der Waals surface area contributed by atoms with Crippen LogP contribution in [0.5, 0.6) is 0 Å². The second-order valence-electron chi connectivity index (χ2n) is 4.58. The normalized spacial score (nSPS) is 33.5. The first-order valence-corrected chi connectivity index (χ1v) is 6.10. The van der Waals surface area contributed by atoms with E-state index in [0.29, 0.717) is 6.42 Å². The Labute approximate surface area is 101 Å². The third-order valence-corrected chi connectivity index (χ3v) is 2.94. The quantitative estimate of drug-likeness (QED) is 0.608. The number of aliphatic hydroxyl groups is 2. The number of hydrogen-bond acceptors (Lipinski definition) is 5. The van der Waals surface area contributed by atoms with E-state index in [1.165, 1.54) is 0 Å². The highest BCUT2D eigenvalue weighted by Gasteiger charge is 2.26. The lowest BCUT2D eigenvalue weighted by molar-refractivity contribution is -0.154. The third-order valence-electron chi connectivity index (χ3n) is 2.94. The Morgan fingerprint density at radius 2 is 1.71 bits per heavy atom. The molecule has 0 radical (unpaired) electrons. The van der Waals surface area contributed by atoms with Crippen LogP contribution in [0.1, 0.15) is 45.4 Å². The average Bonchev–Trinajstić information content (AvgIpc) is 2.25. The topological polar surface area (TPSA) is 83.8 Å². The molecule has 3 atom stereocenters. The third kappa shape index (κ3) is 4.83. The van der Waals surface area contributed by atoms with Crippen molar-refractivity contribution in [1.29, 1.82) is 0 Å². The van der Waals surface area contributed by atoms with E-state index in [9.17, 15) is 19.8 Å². The van der Waals surface area contributed by atoms with E-state index < -0.39 is 24.0 Å². The van der Waals surface area contributed by atoms with Crippen LogP contribution in [0.25, 0.3) is 0 Å². The van der Waals surface area contributed by atoms with Gasteiger partial charge in [0.15, 0.2) is 5.78 Å². The standard InChI is InChI=1S/C12H20O5/c1-8-5-3-2-4-6-9(13)12(16)10(14)7-11(15)17-8/h8-10,13-14H,2-7H2,1H3/t8-,9-,10-/m0/s1. The molecule has 0 aromatic rings. The summed E-state index contributed by atoms with van der Waals surface area (Å²) in [5, 5.41) is 19.0. The van der Waals surface area contributed by atoms with Crippen LogP contribution < -0.4 is 0 Å². The van der Waals surface area contributed by atoms with E-state index in [2.05, 4.69) is 0 Å². The predicted octanol–water partition coefficient (Wildman–Crippen LogP) is 0.563. The summed E-state index contributed by atoms with van der Waals surface area (Å²) >= 11 is 0. The summed E-state index contributed by atoms with van der Waals surface area (Å²) < 4.78 is 5.04. The van der Waals surface area contributed by atoms with Gasteiger partial charge in [-0.2, -0.15) is 0 Å². The molecule has 5 heteroatoms. The number of cyclic esters (lactones) is 1. The highest BCUT2D eigenvalue weighted by atomic mass is 16.5. The maximum Gasteiger partial charge on any atom is 0.309 e. The molecule has 1 saturated heterocycles. The highest BCUT2D eigenvalue weighted by molar-refractivity contribution is 5.90. The van der Waals surface area contributed by atoms with Crippen molar-refractivity contribution < 1.29 is 24.5 Å². The Morgan fingerprint density at radius 1 is 1.06 bits per heavy atom. The van der Waals surface area contributed by atoms with Gasteiger partial charge in [0.05, 0.1) is 12.5 Å². The van der Waals surface area contributed by atoms with Gasteiger partial charge in [-0.25, -0.2) is 0 Å². The molecule has 0 bridgehead atoms. The number of ketones is 1. The van der Waals surface area contributed by atoms with Crippen LogP contribution in [0, 0.1) is 0 Å². The minimum atomic E-state index is -1.45. The first-order chi connectivity index (χ1) is 8.00. The van der Waals surface area contributed by atoms with E-state index in [4.69, 9.17) is 4.74 Å². The zero-order valence-electron chi connectivity index (χ0n) is 10.1. The molecule has 5 nitrogen and oxygen atoms in total. The predicted molar refractivity (Wildman–Crippen MR) is 60.3 cm³/mol. The molecule has 0 saturated carbocycles. The van der Waals surface area contributed by atoms with Crippen molar-refractivity contribution in [2.45, 2.75) is 63.8 Å². The summed E-state index contributed by atoms with van der Waals surface area (Å²) in [5.74, 6) is -1.28. The van der Waals surface area contributed by atoms with Gasteiger partial charge in [-0.1, -0.05) is 12.8 Å². The molecular formula is C12H20O5. The van der Waals surface area contributed by atoms with Crippen molar-refractivity contribution in [3.8, 4) is 0 Å². The molecule has 0 aromatic heterocycles. The maximum absolute atomic E-state index is 11.5. The number of rotatable bonds is 0. The summed E-state index contributed by atoms with van der Waals surface area (Å²) in [6.07, 6.45) is 0.444. The maximum atomic E-state index is 11.5. The molecule has 0 unspecified atom stereocenters. The summed E-state index contributed by atoms with van der Waals surface area (Å²) in [4.78, 5) is 22.8. The lowest BCUT2D eigenvalue weighted by Crippen LogP contribution is -2.35. The molecule has 0 spiro atoms. The Hall–Kier alpha value is -0.940. The molecule has 0 aliphatic carbocycles. The largest absolute Gasteiger partial charge is 0.463 e. The number of hydrogen-bond donors (Lipinski definition) is 2. The van der Waals surface area contributed by atoms with Gasteiger partial charge in [0.1, 0.15) is 12.2 Å². The van der Waals surface area contributed by atoms with Crippen molar-refractivity contribution >= 4 is 11.8 Å². The van der Waals surface area contributed by atoms with Crippen LogP contribution in [-0.2, 0) is 14.3 Å². The van der Waals surface area contributed by atoms with E-state index in [0.717, 1.165) is 25.7 Å². The number of carbonyl (C=O) groups is 2. The van der Waals surface area contributed by atoms with Crippen LogP contribution in [0.15, 0.2) is 0 Å². The van der Waals surface area contributed by atoms with Crippen molar-refractivity contribution in [2.24, 2.45) is 0 Å². The lowest BCUT2D eigenvalue weighted by Gasteiger charge is -2.18. The zero-order chi connectivity index (χ0) is 12.8. The lowest BCUT2D eigenvalue weighted by atomic mass is 10.0. The molecule has 0 aromatic carbocycles. The average molecular weight is 244 g/mol.